The van der Waals surface area contributed by atoms with E-state index in [1.807, 2.05) is 73.7 Å². The highest BCUT2D eigenvalue weighted by Crippen LogP contribution is 2.27. The molecule has 0 bridgehead atoms. The van der Waals surface area contributed by atoms with Crippen LogP contribution in [-0.2, 0) is 6.54 Å². The van der Waals surface area contributed by atoms with Gasteiger partial charge in [-0.15, -0.1) is 0 Å². The van der Waals surface area contributed by atoms with Gasteiger partial charge >= 0.3 is 0 Å². The number of fused-ring (bicyclic) bond motifs is 1. The maximum atomic E-state index is 12.9. The number of ether oxygens (including phenoxy) is 1. The maximum Gasteiger partial charge on any atom is 0.251 e. The van der Waals surface area contributed by atoms with Crippen LogP contribution < -0.4 is 10.3 Å². The summed E-state index contributed by atoms with van der Waals surface area (Å²) in [4.78, 5) is 25.6. The number of carbonyl (C=O) groups is 1. The molecule has 0 unspecified atom stereocenters. The summed E-state index contributed by atoms with van der Waals surface area (Å²) in [6, 6.07) is 24.7. The van der Waals surface area contributed by atoms with Gasteiger partial charge < -0.3 is 4.74 Å². The van der Waals surface area contributed by atoms with Gasteiger partial charge in [0.25, 0.3) is 5.56 Å². The summed E-state index contributed by atoms with van der Waals surface area (Å²) in [5, 5.41) is 0.899. The molecule has 4 rings (SSSR count). The molecule has 0 amide bonds. The van der Waals surface area contributed by atoms with Gasteiger partial charge in [-0.3, -0.25) is 14.2 Å². The molecule has 0 aliphatic carbocycles. The zero-order valence-corrected chi connectivity index (χ0v) is 16.4. The van der Waals surface area contributed by atoms with Crippen molar-refractivity contribution in [2.45, 2.75) is 13.5 Å². The van der Waals surface area contributed by atoms with Crippen molar-refractivity contribution in [3.63, 3.8) is 0 Å². The number of hydrogen-bond acceptors (Lipinski definition) is 3. The number of carbonyl (C=O) groups excluding carboxylic acids is 1. The van der Waals surface area contributed by atoms with Crippen molar-refractivity contribution in [3.8, 4) is 16.9 Å². The largest absolute Gasteiger partial charge is 0.495 e. The minimum absolute atomic E-state index is 0.0410. The van der Waals surface area contributed by atoms with E-state index >= 15 is 0 Å². The number of pyridine rings is 1. The number of rotatable bonds is 5. The minimum atomic E-state index is -0.214. The Labute approximate surface area is 169 Å². The van der Waals surface area contributed by atoms with E-state index in [9.17, 15) is 9.59 Å². The summed E-state index contributed by atoms with van der Waals surface area (Å²) < 4.78 is 6.95. The smallest absolute Gasteiger partial charge is 0.251 e. The van der Waals surface area contributed by atoms with E-state index in [0.29, 0.717) is 16.8 Å². The van der Waals surface area contributed by atoms with Gasteiger partial charge in [-0.1, -0.05) is 66.7 Å². The molecule has 0 atom stereocenters. The van der Waals surface area contributed by atoms with Crippen molar-refractivity contribution in [2.75, 3.05) is 7.11 Å². The Morgan fingerprint density at radius 1 is 0.897 bits per heavy atom. The van der Waals surface area contributed by atoms with Crippen LogP contribution in [0.3, 0.4) is 0 Å². The number of aromatic nitrogens is 1. The second kappa shape index (κ2) is 7.76. The number of benzene rings is 3. The van der Waals surface area contributed by atoms with Crippen LogP contribution >= 0.6 is 0 Å². The summed E-state index contributed by atoms with van der Waals surface area (Å²) >= 11 is 0. The second-order valence-electron chi connectivity index (χ2n) is 6.97. The molecule has 0 saturated carbocycles. The lowest BCUT2D eigenvalue weighted by molar-refractivity contribution is 0.0972. The van der Waals surface area contributed by atoms with E-state index in [1.165, 1.54) is 4.57 Å². The second-order valence-corrected chi connectivity index (χ2v) is 6.97. The number of nitrogens with zero attached hydrogens (tertiary/aromatic N) is 1. The predicted molar refractivity (Wildman–Crippen MR) is 116 cm³/mol. The van der Waals surface area contributed by atoms with Gasteiger partial charge in [0.15, 0.2) is 5.78 Å². The molecule has 29 heavy (non-hydrogen) atoms. The van der Waals surface area contributed by atoms with Crippen LogP contribution in [-0.4, -0.2) is 17.5 Å². The van der Waals surface area contributed by atoms with Crippen molar-refractivity contribution in [3.05, 3.63) is 100 Å². The lowest BCUT2D eigenvalue weighted by atomic mass is 10.0. The summed E-state index contributed by atoms with van der Waals surface area (Å²) in [5.74, 6) is 0.457. The van der Waals surface area contributed by atoms with Crippen LogP contribution in [0.4, 0.5) is 0 Å². The predicted octanol–water partition coefficient (Wildman–Crippen LogP) is 4.87. The average Bonchev–Trinajstić information content (AvgIpc) is 2.76. The third-order valence-corrected chi connectivity index (χ3v) is 5.14. The summed E-state index contributed by atoms with van der Waals surface area (Å²) in [5.41, 5.74) is 4.00. The molecule has 0 aliphatic heterocycles. The third-order valence-electron chi connectivity index (χ3n) is 5.14. The van der Waals surface area contributed by atoms with Crippen molar-refractivity contribution in [1.82, 2.24) is 4.57 Å². The number of ketones is 1. The number of aryl methyl sites for hydroxylation is 1. The Kier molecular flexibility index (Phi) is 5.00. The molecule has 0 N–H and O–H groups in total. The Balaban J connectivity index is 1.70. The van der Waals surface area contributed by atoms with E-state index in [0.717, 1.165) is 22.1 Å². The highest BCUT2D eigenvalue weighted by molar-refractivity contribution is 5.97. The molecule has 0 aliphatic rings. The van der Waals surface area contributed by atoms with E-state index < -0.39 is 0 Å². The van der Waals surface area contributed by atoms with Crippen molar-refractivity contribution < 1.29 is 9.53 Å². The fourth-order valence-corrected chi connectivity index (χ4v) is 3.61. The normalized spacial score (nSPS) is 10.8. The molecule has 0 saturated heterocycles. The maximum absolute atomic E-state index is 12.9. The molecular formula is C25H21NO3. The zero-order valence-electron chi connectivity index (χ0n) is 16.4. The van der Waals surface area contributed by atoms with Gasteiger partial charge in [0.2, 0.25) is 0 Å². The monoisotopic (exact) mass is 383 g/mol. The Bertz CT molecular complexity index is 1240. The van der Waals surface area contributed by atoms with Crippen LogP contribution in [0.2, 0.25) is 0 Å². The summed E-state index contributed by atoms with van der Waals surface area (Å²) in [7, 11) is 1.57. The average molecular weight is 383 g/mol. The van der Waals surface area contributed by atoms with Gasteiger partial charge in [0.05, 0.1) is 19.2 Å². The molecule has 0 fully saturated rings. The number of para-hydroxylation sites is 1. The van der Waals surface area contributed by atoms with Crippen LogP contribution in [0.1, 0.15) is 15.9 Å². The molecule has 1 heterocycles. The third kappa shape index (κ3) is 3.57. The Morgan fingerprint density at radius 3 is 2.28 bits per heavy atom. The molecular weight excluding hydrogens is 362 g/mol. The van der Waals surface area contributed by atoms with Crippen molar-refractivity contribution in [2.24, 2.45) is 0 Å². The van der Waals surface area contributed by atoms with Gasteiger partial charge in [-0.05, 0) is 29.7 Å². The van der Waals surface area contributed by atoms with E-state index in [4.69, 9.17) is 4.74 Å². The lowest BCUT2D eigenvalue weighted by Gasteiger charge is -2.14. The van der Waals surface area contributed by atoms with E-state index in [-0.39, 0.29) is 17.9 Å². The molecule has 0 radical (unpaired) electrons. The Morgan fingerprint density at radius 2 is 1.59 bits per heavy atom. The fourth-order valence-electron chi connectivity index (χ4n) is 3.61. The summed E-state index contributed by atoms with van der Waals surface area (Å²) in [6.45, 7) is 1.85. The minimum Gasteiger partial charge on any atom is -0.495 e. The van der Waals surface area contributed by atoms with Crippen LogP contribution in [0.15, 0.2) is 83.7 Å². The molecule has 4 aromatic rings. The molecule has 3 aromatic carbocycles. The van der Waals surface area contributed by atoms with Gasteiger partial charge in [-0.2, -0.15) is 0 Å². The van der Waals surface area contributed by atoms with Gasteiger partial charge in [0.1, 0.15) is 5.75 Å². The molecule has 4 nitrogen and oxygen atoms in total. The molecule has 1 aromatic heterocycles. The van der Waals surface area contributed by atoms with Crippen LogP contribution in [0.5, 0.6) is 5.75 Å². The number of methoxy groups -OCH3 is 1. The molecule has 0 spiro atoms. The fraction of sp³-hybridized carbons (Fsp3) is 0.120. The first-order chi connectivity index (χ1) is 14.1. The van der Waals surface area contributed by atoms with Crippen LogP contribution in [0.25, 0.3) is 22.0 Å². The zero-order chi connectivity index (χ0) is 20.4. The van der Waals surface area contributed by atoms with E-state index in [2.05, 4.69) is 0 Å². The van der Waals surface area contributed by atoms with Crippen LogP contribution in [0, 0.1) is 6.92 Å². The summed E-state index contributed by atoms with van der Waals surface area (Å²) in [6.07, 6.45) is 0. The number of Topliss-reactive ketones (excluding diaryl/α,β-unsaturated/α-hetero) is 1. The molecule has 144 valence electrons. The quantitative estimate of drug-likeness (QED) is 0.462. The van der Waals surface area contributed by atoms with E-state index in [1.54, 1.807) is 19.2 Å². The number of hydrogen-bond donors (Lipinski definition) is 0. The van der Waals surface area contributed by atoms with Crippen molar-refractivity contribution in [1.29, 1.82) is 0 Å². The topological polar surface area (TPSA) is 48.3 Å². The highest BCUT2D eigenvalue weighted by atomic mass is 16.5. The SMILES string of the molecule is COc1cccc2c(C)cc(=O)n(CC(=O)c3ccc(-c4ccccc4)cc3)c12. The first kappa shape index (κ1) is 18.7. The standard InChI is InChI=1S/C25H21NO3/c1-17-15-24(28)26(25-21(17)9-6-10-23(25)29-2)16-22(27)20-13-11-19(12-14-20)18-7-4-3-5-8-18/h3-15H,16H2,1-2H3. The highest BCUT2D eigenvalue weighted by Gasteiger charge is 2.15. The first-order valence-corrected chi connectivity index (χ1v) is 9.44. The molecule has 4 heteroatoms. The van der Waals surface area contributed by atoms with Crippen molar-refractivity contribution >= 4 is 16.7 Å². The van der Waals surface area contributed by atoms with Gasteiger partial charge in [0, 0.05) is 17.0 Å². The Hall–Kier alpha value is -3.66. The lowest BCUT2D eigenvalue weighted by Crippen LogP contribution is -2.25. The van der Waals surface area contributed by atoms with Gasteiger partial charge in [-0.25, -0.2) is 0 Å². The first-order valence-electron chi connectivity index (χ1n) is 9.44.